The lowest BCUT2D eigenvalue weighted by Crippen LogP contribution is -2.30. The van der Waals surface area contributed by atoms with Gasteiger partial charge in [-0.25, -0.2) is 14.0 Å². The molecular formula is C26H21ClFN3O8. The maximum atomic E-state index is 13.4. The molecule has 2 N–H and O–H groups in total. The van der Waals surface area contributed by atoms with Crippen molar-refractivity contribution in [2.75, 3.05) is 26.1 Å². The van der Waals surface area contributed by atoms with Crippen LogP contribution in [0, 0.1) is 5.82 Å². The van der Waals surface area contributed by atoms with Gasteiger partial charge in [-0.15, -0.1) is 0 Å². The minimum Gasteiger partial charge on any atom is -0.493 e. The van der Waals surface area contributed by atoms with Crippen LogP contribution in [0.5, 0.6) is 11.5 Å². The van der Waals surface area contributed by atoms with Gasteiger partial charge in [0, 0.05) is 22.3 Å². The molecular weight excluding hydrogens is 537 g/mol. The molecule has 202 valence electrons. The highest BCUT2D eigenvalue weighted by atomic mass is 35.5. The number of carbonyl (C=O) groups excluding carboxylic acids is 4. The molecule has 1 fully saturated rings. The highest BCUT2D eigenvalue weighted by Gasteiger charge is 2.35. The van der Waals surface area contributed by atoms with Crippen LogP contribution in [0.4, 0.5) is 14.9 Å². The summed E-state index contributed by atoms with van der Waals surface area (Å²) in [5, 5.41) is 5.20. The molecule has 11 nitrogen and oxygen atoms in total. The number of carbonyl (C=O) groups is 4. The molecule has 1 saturated heterocycles. The first kappa shape index (κ1) is 27.2. The van der Waals surface area contributed by atoms with Gasteiger partial charge in [-0.1, -0.05) is 17.7 Å². The largest absolute Gasteiger partial charge is 0.493 e. The minimum atomic E-state index is -0.729. The number of furan rings is 1. The number of nitrogens with zero attached hydrogens (tertiary/aromatic N) is 1. The maximum absolute atomic E-state index is 13.4. The topological polar surface area (TPSA) is 136 Å². The van der Waals surface area contributed by atoms with Crippen LogP contribution < -0.4 is 20.1 Å². The second-order valence-corrected chi connectivity index (χ2v) is 8.45. The predicted molar refractivity (Wildman–Crippen MR) is 136 cm³/mol. The number of hydrogen-bond donors (Lipinski definition) is 2. The zero-order chi connectivity index (χ0) is 28.1. The van der Waals surface area contributed by atoms with Crippen LogP contribution >= 0.6 is 11.6 Å². The smallest absolute Gasteiger partial charge is 0.373 e. The van der Waals surface area contributed by atoms with Gasteiger partial charge in [-0.2, -0.15) is 0 Å². The molecule has 0 atom stereocenters. The highest BCUT2D eigenvalue weighted by Crippen LogP contribution is 2.36. The molecule has 39 heavy (non-hydrogen) atoms. The lowest BCUT2D eigenvalue weighted by molar-refractivity contribution is -0.123. The third-order valence-corrected chi connectivity index (χ3v) is 5.57. The Morgan fingerprint density at radius 1 is 1.15 bits per heavy atom. The van der Waals surface area contributed by atoms with Gasteiger partial charge in [0.05, 0.1) is 20.8 Å². The zero-order valence-corrected chi connectivity index (χ0v) is 21.3. The molecule has 4 rings (SSSR count). The van der Waals surface area contributed by atoms with Crippen LogP contribution in [0.15, 0.2) is 58.6 Å². The van der Waals surface area contributed by atoms with Gasteiger partial charge in [0.25, 0.3) is 11.8 Å². The number of benzene rings is 2. The molecule has 3 aromatic rings. The van der Waals surface area contributed by atoms with E-state index in [4.69, 9.17) is 25.5 Å². The highest BCUT2D eigenvalue weighted by molar-refractivity contribution is 6.31. The van der Waals surface area contributed by atoms with Crippen molar-refractivity contribution < 1.29 is 42.2 Å². The Morgan fingerprint density at radius 3 is 2.67 bits per heavy atom. The lowest BCUT2D eigenvalue weighted by atomic mass is 10.1. The fourth-order valence-corrected chi connectivity index (χ4v) is 3.82. The normalized spacial score (nSPS) is 13.8. The fraction of sp³-hybridized carbons (Fsp3) is 0.154. The van der Waals surface area contributed by atoms with Gasteiger partial charge < -0.3 is 29.3 Å². The number of methoxy groups -OCH3 is 2. The fourth-order valence-electron chi connectivity index (χ4n) is 3.60. The molecule has 1 aliphatic rings. The van der Waals surface area contributed by atoms with E-state index in [0.717, 1.165) is 11.0 Å². The summed E-state index contributed by atoms with van der Waals surface area (Å²) in [6.45, 7) is -0.737. The van der Waals surface area contributed by atoms with Crippen molar-refractivity contribution in [3.05, 3.63) is 82.2 Å². The lowest BCUT2D eigenvalue weighted by Gasteiger charge is -2.14. The van der Waals surface area contributed by atoms with E-state index in [-0.39, 0.29) is 51.5 Å². The number of anilines is 1. The summed E-state index contributed by atoms with van der Waals surface area (Å²) in [5.41, 5.74) is 0.358. The number of imide groups is 1. The van der Waals surface area contributed by atoms with E-state index < -0.39 is 36.2 Å². The first-order chi connectivity index (χ1) is 18.7. The summed E-state index contributed by atoms with van der Waals surface area (Å²) >= 11 is 6.20. The van der Waals surface area contributed by atoms with E-state index >= 15 is 0 Å². The maximum Gasteiger partial charge on any atom is 0.373 e. The first-order valence-electron chi connectivity index (χ1n) is 11.3. The summed E-state index contributed by atoms with van der Waals surface area (Å²) in [5.74, 6) is -2.17. The Balaban J connectivity index is 1.53. The Morgan fingerprint density at radius 2 is 1.95 bits per heavy atom. The average Bonchev–Trinajstić information content (AvgIpc) is 3.47. The molecule has 13 heteroatoms. The van der Waals surface area contributed by atoms with Crippen LogP contribution in [0.3, 0.4) is 0 Å². The Hall–Kier alpha value is -4.84. The van der Waals surface area contributed by atoms with E-state index in [1.807, 2.05) is 0 Å². The van der Waals surface area contributed by atoms with Gasteiger partial charge >= 0.3 is 12.0 Å². The third-order valence-electron chi connectivity index (χ3n) is 5.35. The number of rotatable bonds is 9. The molecule has 2 heterocycles. The first-order valence-corrected chi connectivity index (χ1v) is 11.6. The molecule has 1 aromatic heterocycles. The van der Waals surface area contributed by atoms with Crippen LogP contribution in [-0.4, -0.2) is 49.5 Å². The second kappa shape index (κ2) is 11.7. The van der Waals surface area contributed by atoms with E-state index in [2.05, 4.69) is 15.4 Å². The van der Waals surface area contributed by atoms with Crippen molar-refractivity contribution in [1.29, 1.82) is 0 Å². The molecule has 0 aliphatic carbocycles. The SMILES string of the molecule is COC(=O)c1ccc(CN2C(=O)N/C(=C/c3cc(Cl)cc(OC)c3OCC(=O)Nc3cccc(F)c3)C2=O)o1. The molecule has 0 saturated carbocycles. The number of esters is 1. The number of urea groups is 1. The van der Waals surface area contributed by atoms with Crippen molar-refractivity contribution in [1.82, 2.24) is 10.2 Å². The quantitative estimate of drug-likeness (QED) is 0.229. The van der Waals surface area contributed by atoms with Crippen molar-refractivity contribution >= 4 is 47.2 Å². The second-order valence-electron chi connectivity index (χ2n) is 8.01. The third kappa shape index (κ3) is 6.36. The number of ether oxygens (including phenoxy) is 3. The van der Waals surface area contributed by atoms with Gasteiger partial charge in [0.1, 0.15) is 17.3 Å². The number of nitrogens with one attached hydrogen (secondary N) is 2. The Kier molecular flexibility index (Phi) is 8.15. The van der Waals surface area contributed by atoms with Crippen LogP contribution in [-0.2, 0) is 20.9 Å². The van der Waals surface area contributed by atoms with Crippen molar-refractivity contribution in [2.45, 2.75) is 6.54 Å². The molecule has 4 amide bonds. The minimum absolute atomic E-state index is 0.0676. The van der Waals surface area contributed by atoms with E-state index in [9.17, 15) is 23.6 Å². The molecule has 1 aliphatic heterocycles. The average molecular weight is 558 g/mol. The van der Waals surface area contributed by atoms with Crippen LogP contribution in [0.2, 0.25) is 5.02 Å². The molecule has 0 radical (unpaired) electrons. The van der Waals surface area contributed by atoms with Crippen molar-refractivity contribution in [3.8, 4) is 11.5 Å². The van der Waals surface area contributed by atoms with Crippen LogP contribution in [0.1, 0.15) is 21.9 Å². The summed E-state index contributed by atoms with van der Waals surface area (Å²) in [6.07, 6.45) is 1.32. The zero-order valence-electron chi connectivity index (χ0n) is 20.6. The molecule has 0 spiro atoms. The van der Waals surface area contributed by atoms with Crippen LogP contribution in [0.25, 0.3) is 6.08 Å². The Bertz CT molecular complexity index is 1490. The standard InChI is InChI=1S/C26H21ClFN3O8/c1-36-21-10-15(27)8-14(23(21)38-13-22(32)29-17-5-3-4-16(28)11-17)9-19-24(33)31(26(35)30-19)12-18-6-7-20(39-18)25(34)37-2/h3-11H,12-13H2,1-2H3,(H,29,32)(H,30,35)/b19-9+. The number of halogens is 2. The van der Waals surface area contributed by atoms with Gasteiger partial charge in [0.15, 0.2) is 18.1 Å². The summed E-state index contributed by atoms with van der Waals surface area (Å²) in [7, 11) is 2.55. The van der Waals surface area contributed by atoms with Gasteiger partial charge in [-0.05, 0) is 42.5 Å². The summed E-state index contributed by atoms with van der Waals surface area (Å²) < 4.78 is 34.3. The van der Waals surface area contributed by atoms with E-state index in [0.29, 0.717) is 0 Å². The van der Waals surface area contributed by atoms with E-state index in [1.165, 1.54) is 62.8 Å². The monoisotopic (exact) mass is 557 g/mol. The summed E-state index contributed by atoms with van der Waals surface area (Å²) in [6, 6.07) is 10.3. The van der Waals surface area contributed by atoms with Gasteiger partial charge in [-0.3, -0.25) is 14.5 Å². The number of amides is 4. The van der Waals surface area contributed by atoms with E-state index in [1.54, 1.807) is 0 Å². The van der Waals surface area contributed by atoms with Crippen molar-refractivity contribution in [2.24, 2.45) is 0 Å². The predicted octanol–water partition coefficient (Wildman–Crippen LogP) is 3.98. The molecule has 2 aromatic carbocycles. The molecule has 0 bridgehead atoms. The number of hydrogen-bond acceptors (Lipinski definition) is 8. The van der Waals surface area contributed by atoms with Gasteiger partial charge in [0.2, 0.25) is 5.76 Å². The summed E-state index contributed by atoms with van der Waals surface area (Å²) in [4.78, 5) is 50.4. The molecule has 0 unspecified atom stereocenters. The Labute approximate surface area is 226 Å². The van der Waals surface area contributed by atoms with Crippen molar-refractivity contribution in [3.63, 3.8) is 0 Å².